The van der Waals surface area contributed by atoms with E-state index in [4.69, 9.17) is 37.4 Å². The number of ether oxygens (including phenoxy) is 3. The zero-order chi connectivity index (χ0) is 22.7. The summed E-state index contributed by atoms with van der Waals surface area (Å²) in [6.45, 7) is 0.412. The summed E-state index contributed by atoms with van der Waals surface area (Å²) < 4.78 is 17.8. The zero-order valence-corrected chi connectivity index (χ0v) is 20.4. The second-order valence-electron chi connectivity index (χ2n) is 6.79. The molecule has 32 heavy (non-hydrogen) atoms. The van der Waals surface area contributed by atoms with Crippen molar-refractivity contribution in [2.45, 2.75) is 6.61 Å². The first-order valence-corrected chi connectivity index (χ1v) is 11.3. The lowest BCUT2D eigenvalue weighted by atomic mass is 10.1. The van der Waals surface area contributed by atoms with E-state index in [-0.39, 0.29) is 11.6 Å². The van der Waals surface area contributed by atoms with E-state index in [9.17, 15) is 4.79 Å². The molecule has 3 aromatic carbocycles. The van der Waals surface area contributed by atoms with Crippen LogP contribution in [-0.2, 0) is 16.1 Å². The average Bonchev–Trinajstić information content (AvgIpc) is 3.12. The van der Waals surface area contributed by atoms with Crippen LogP contribution in [-0.4, -0.2) is 19.0 Å². The molecular formula is C24H16Cl2INO4. The minimum Gasteiger partial charge on any atom is -0.493 e. The molecule has 0 N–H and O–H groups in total. The fourth-order valence-electron chi connectivity index (χ4n) is 3.03. The van der Waals surface area contributed by atoms with E-state index in [0.29, 0.717) is 39.3 Å². The Kier molecular flexibility index (Phi) is 7.03. The number of rotatable bonds is 6. The molecule has 0 fully saturated rings. The highest BCUT2D eigenvalue weighted by atomic mass is 127. The van der Waals surface area contributed by atoms with E-state index in [1.165, 1.54) is 0 Å². The number of carbonyl (C=O) groups excluding carboxylic acids is 1. The highest BCUT2D eigenvalue weighted by Crippen LogP contribution is 2.31. The number of esters is 1. The topological polar surface area (TPSA) is 57.1 Å². The van der Waals surface area contributed by atoms with Crippen LogP contribution in [0, 0.1) is 3.57 Å². The molecule has 162 valence electrons. The van der Waals surface area contributed by atoms with Crippen LogP contribution in [0.4, 0.5) is 0 Å². The van der Waals surface area contributed by atoms with Gasteiger partial charge in [0.25, 0.3) is 0 Å². The maximum Gasteiger partial charge on any atom is 0.363 e. The molecule has 0 atom stereocenters. The molecule has 0 aliphatic carbocycles. The summed E-state index contributed by atoms with van der Waals surface area (Å²) in [7, 11) is 1.56. The van der Waals surface area contributed by atoms with Gasteiger partial charge >= 0.3 is 5.97 Å². The third kappa shape index (κ3) is 5.26. The molecule has 1 heterocycles. The predicted octanol–water partition coefficient (Wildman–Crippen LogP) is 6.53. The summed E-state index contributed by atoms with van der Waals surface area (Å²) in [5, 5.41) is 0.831. The molecular weight excluding hydrogens is 564 g/mol. The van der Waals surface area contributed by atoms with E-state index in [1.807, 2.05) is 24.3 Å². The Morgan fingerprint density at radius 3 is 2.66 bits per heavy atom. The zero-order valence-electron chi connectivity index (χ0n) is 16.8. The number of cyclic esters (lactones) is 1. The number of benzene rings is 3. The minimum atomic E-state index is -0.566. The van der Waals surface area contributed by atoms with Crippen LogP contribution in [0.3, 0.4) is 0 Å². The third-order valence-electron chi connectivity index (χ3n) is 4.56. The Balaban J connectivity index is 1.55. The summed E-state index contributed by atoms with van der Waals surface area (Å²) in [5.74, 6) is 0.706. The monoisotopic (exact) mass is 579 g/mol. The van der Waals surface area contributed by atoms with Crippen LogP contribution in [0.2, 0.25) is 10.0 Å². The van der Waals surface area contributed by atoms with Gasteiger partial charge in [0.05, 0.1) is 17.7 Å². The maximum atomic E-state index is 12.3. The standard InChI is InChI=1S/C24H16Cl2INO4/c1-30-22-11-14(5-8-21(22)31-13-15-3-2-4-17(27)9-15)10-20-24(29)32-23(28-20)18-7-6-16(25)12-19(18)26/h2-12H,13H2,1H3/b20-10-. The second kappa shape index (κ2) is 9.94. The minimum absolute atomic E-state index is 0.132. The lowest BCUT2D eigenvalue weighted by Crippen LogP contribution is -2.05. The van der Waals surface area contributed by atoms with Gasteiger partial charge in [0.1, 0.15) is 6.61 Å². The lowest BCUT2D eigenvalue weighted by Gasteiger charge is -2.11. The van der Waals surface area contributed by atoms with Crippen LogP contribution >= 0.6 is 45.8 Å². The number of aliphatic imine (C=N–C) groups is 1. The largest absolute Gasteiger partial charge is 0.493 e. The van der Waals surface area contributed by atoms with Gasteiger partial charge in [-0.3, -0.25) is 0 Å². The first-order valence-electron chi connectivity index (χ1n) is 9.46. The van der Waals surface area contributed by atoms with Crippen LogP contribution in [0.5, 0.6) is 11.5 Å². The molecule has 0 spiro atoms. The van der Waals surface area contributed by atoms with E-state index in [1.54, 1.807) is 43.5 Å². The van der Waals surface area contributed by atoms with Crippen molar-refractivity contribution in [2.24, 2.45) is 4.99 Å². The molecule has 0 unspecified atom stereocenters. The average molecular weight is 580 g/mol. The number of halogens is 3. The summed E-state index contributed by atoms with van der Waals surface area (Å²) in [6.07, 6.45) is 1.62. The number of hydrogen-bond donors (Lipinski definition) is 0. The van der Waals surface area contributed by atoms with Gasteiger partial charge in [-0.25, -0.2) is 9.79 Å². The lowest BCUT2D eigenvalue weighted by molar-refractivity contribution is -0.129. The summed E-state index contributed by atoms with van der Waals surface area (Å²) in [4.78, 5) is 16.6. The SMILES string of the molecule is COc1cc(/C=C2\N=C(c3ccc(Cl)cc3Cl)OC2=O)ccc1OCc1cccc(I)c1. The smallest absolute Gasteiger partial charge is 0.363 e. The quantitative estimate of drug-likeness (QED) is 0.189. The predicted molar refractivity (Wildman–Crippen MR) is 134 cm³/mol. The summed E-state index contributed by atoms with van der Waals surface area (Å²) >= 11 is 14.4. The van der Waals surface area contributed by atoms with Crippen molar-refractivity contribution in [3.63, 3.8) is 0 Å². The van der Waals surface area contributed by atoms with Gasteiger partial charge in [0, 0.05) is 8.59 Å². The fourth-order valence-corrected chi connectivity index (χ4v) is 4.12. The van der Waals surface area contributed by atoms with Crippen LogP contribution in [0.25, 0.3) is 6.08 Å². The van der Waals surface area contributed by atoms with Crippen molar-refractivity contribution < 1.29 is 19.0 Å². The number of hydrogen-bond acceptors (Lipinski definition) is 5. The molecule has 5 nitrogen and oxygen atoms in total. The van der Waals surface area contributed by atoms with E-state index in [0.717, 1.165) is 9.13 Å². The van der Waals surface area contributed by atoms with Crippen molar-refractivity contribution in [1.82, 2.24) is 0 Å². The summed E-state index contributed by atoms with van der Waals surface area (Å²) in [6, 6.07) is 18.3. The molecule has 0 saturated heterocycles. The molecule has 0 saturated carbocycles. The Hall–Kier alpha value is -2.55. The Labute approximate surface area is 208 Å². The fraction of sp³-hybridized carbons (Fsp3) is 0.0833. The number of methoxy groups -OCH3 is 1. The molecule has 0 bridgehead atoms. The highest BCUT2D eigenvalue weighted by molar-refractivity contribution is 14.1. The Morgan fingerprint density at radius 1 is 1.06 bits per heavy atom. The third-order valence-corrected chi connectivity index (χ3v) is 5.78. The van der Waals surface area contributed by atoms with Crippen molar-refractivity contribution in [3.05, 3.63) is 96.7 Å². The molecule has 1 aliphatic heterocycles. The van der Waals surface area contributed by atoms with Crippen molar-refractivity contribution in [3.8, 4) is 11.5 Å². The molecule has 1 aliphatic rings. The van der Waals surface area contributed by atoms with E-state index < -0.39 is 5.97 Å². The van der Waals surface area contributed by atoms with Crippen LogP contribution < -0.4 is 9.47 Å². The Bertz CT molecular complexity index is 1260. The van der Waals surface area contributed by atoms with Crippen molar-refractivity contribution in [2.75, 3.05) is 7.11 Å². The summed E-state index contributed by atoms with van der Waals surface area (Å²) in [5.41, 5.74) is 2.41. The normalized spacial score (nSPS) is 14.3. The van der Waals surface area contributed by atoms with Crippen LogP contribution in [0.15, 0.2) is 71.4 Å². The van der Waals surface area contributed by atoms with Crippen LogP contribution in [0.1, 0.15) is 16.7 Å². The molecule has 4 rings (SSSR count). The van der Waals surface area contributed by atoms with Gasteiger partial charge in [0.2, 0.25) is 5.90 Å². The Morgan fingerprint density at radius 2 is 1.91 bits per heavy atom. The van der Waals surface area contributed by atoms with Gasteiger partial charge in [-0.1, -0.05) is 41.4 Å². The first kappa shape index (κ1) is 22.6. The van der Waals surface area contributed by atoms with Crippen molar-refractivity contribution >= 4 is 63.7 Å². The molecule has 0 aromatic heterocycles. The van der Waals surface area contributed by atoms with E-state index in [2.05, 4.69) is 33.6 Å². The number of nitrogens with zero attached hydrogens (tertiary/aromatic N) is 1. The van der Waals surface area contributed by atoms with Gasteiger partial charge in [-0.15, -0.1) is 0 Å². The van der Waals surface area contributed by atoms with E-state index >= 15 is 0 Å². The van der Waals surface area contributed by atoms with Gasteiger partial charge in [-0.05, 0) is 82.3 Å². The van der Waals surface area contributed by atoms with Gasteiger partial charge in [-0.2, -0.15) is 0 Å². The first-order chi connectivity index (χ1) is 15.4. The molecule has 3 aromatic rings. The van der Waals surface area contributed by atoms with Gasteiger partial charge in [0.15, 0.2) is 17.2 Å². The maximum absolute atomic E-state index is 12.3. The second-order valence-corrected chi connectivity index (χ2v) is 8.88. The van der Waals surface area contributed by atoms with Crippen molar-refractivity contribution in [1.29, 1.82) is 0 Å². The highest BCUT2D eigenvalue weighted by Gasteiger charge is 2.25. The molecule has 0 amide bonds. The molecule has 0 radical (unpaired) electrons. The number of carbonyl (C=O) groups is 1. The molecule has 8 heteroatoms. The van der Waals surface area contributed by atoms with Gasteiger partial charge < -0.3 is 14.2 Å².